The molecule has 0 spiro atoms. The molecule has 0 bridgehead atoms. The van der Waals surface area contributed by atoms with E-state index in [1.807, 2.05) is 49.4 Å². The third kappa shape index (κ3) is 7.19. The molecule has 2 N–H and O–H groups in total. The standard InChI is InChI=1S/C25H27ClN2O3S/c1-19(22-10-12-23(26)13-11-22)28-25(29)16-9-21-7-14-24(15-8-21)32(30,31)27-18-17-20-5-3-2-4-6-20/h2-8,10-15,19,27H,9,16-18H2,1H3,(H,28,29). The predicted octanol–water partition coefficient (Wildman–Crippen LogP) is 4.67. The second kappa shape index (κ2) is 11.3. The van der Waals surface area contributed by atoms with Gasteiger partial charge in [-0.3, -0.25) is 4.79 Å². The fraction of sp³-hybridized carbons (Fsp3) is 0.240. The van der Waals surface area contributed by atoms with E-state index in [0.29, 0.717) is 30.8 Å². The number of carbonyl (C=O) groups excluding carboxylic acids is 1. The number of aryl methyl sites for hydroxylation is 1. The van der Waals surface area contributed by atoms with Gasteiger partial charge in [-0.1, -0.05) is 66.2 Å². The normalized spacial score (nSPS) is 12.3. The molecular weight excluding hydrogens is 444 g/mol. The molecule has 5 nitrogen and oxygen atoms in total. The van der Waals surface area contributed by atoms with Crippen LogP contribution in [-0.2, 0) is 27.7 Å². The van der Waals surface area contributed by atoms with Crippen LogP contribution in [-0.4, -0.2) is 20.9 Å². The molecule has 0 saturated carbocycles. The molecule has 3 aromatic rings. The van der Waals surface area contributed by atoms with Gasteiger partial charge in [-0.15, -0.1) is 0 Å². The first-order valence-corrected chi connectivity index (χ1v) is 12.4. The molecule has 0 aromatic heterocycles. The maximum Gasteiger partial charge on any atom is 0.240 e. The average molecular weight is 471 g/mol. The van der Waals surface area contributed by atoms with Gasteiger partial charge < -0.3 is 5.32 Å². The van der Waals surface area contributed by atoms with E-state index in [1.54, 1.807) is 36.4 Å². The summed E-state index contributed by atoms with van der Waals surface area (Å²) in [6, 6.07) is 23.6. The van der Waals surface area contributed by atoms with E-state index in [-0.39, 0.29) is 16.8 Å². The fourth-order valence-corrected chi connectivity index (χ4v) is 4.46. The van der Waals surface area contributed by atoms with Crippen LogP contribution in [0.4, 0.5) is 0 Å². The predicted molar refractivity (Wildman–Crippen MR) is 128 cm³/mol. The van der Waals surface area contributed by atoms with Gasteiger partial charge in [-0.25, -0.2) is 13.1 Å². The quantitative estimate of drug-likeness (QED) is 0.452. The lowest BCUT2D eigenvalue weighted by molar-refractivity contribution is -0.121. The minimum atomic E-state index is -3.57. The van der Waals surface area contributed by atoms with Crippen molar-refractivity contribution in [3.63, 3.8) is 0 Å². The first-order valence-electron chi connectivity index (χ1n) is 10.5. The highest BCUT2D eigenvalue weighted by molar-refractivity contribution is 7.89. The highest BCUT2D eigenvalue weighted by atomic mass is 35.5. The molecule has 0 heterocycles. The van der Waals surface area contributed by atoms with E-state index in [1.165, 1.54) is 0 Å². The third-order valence-electron chi connectivity index (χ3n) is 5.17. The molecule has 0 aliphatic rings. The molecule has 1 atom stereocenters. The van der Waals surface area contributed by atoms with Crippen molar-refractivity contribution in [2.75, 3.05) is 6.54 Å². The first kappa shape index (κ1) is 24.0. The Bertz CT molecular complexity index is 1120. The van der Waals surface area contributed by atoms with E-state index in [4.69, 9.17) is 11.6 Å². The zero-order valence-electron chi connectivity index (χ0n) is 17.9. The molecule has 0 fully saturated rings. The molecule has 0 saturated heterocycles. The van der Waals surface area contributed by atoms with Gasteiger partial charge in [0.25, 0.3) is 0 Å². The van der Waals surface area contributed by atoms with Crippen LogP contribution in [0.3, 0.4) is 0 Å². The number of carbonyl (C=O) groups is 1. The van der Waals surface area contributed by atoms with Gasteiger partial charge in [0, 0.05) is 18.0 Å². The van der Waals surface area contributed by atoms with Crippen molar-refractivity contribution in [1.82, 2.24) is 10.0 Å². The Hall–Kier alpha value is -2.67. The number of benzene rings is 3. The molecule has 0 aliphatic heterocycles. The lowest BCUT2D eigenvalue weighted by atomic mass is 10.1. The molecule has 7 heteroatoms. The minimum absolute atomic E-state index is 0.0632. The highest BCUT2D eigenvalue weighted by Crippen LogP contribution is 2.17. The van der Waals surface area contributed by atoms with Crippen molar-refractivity contribution in [3.8, 4) is 0 Å². The maximum atomic E-state index is 12.5. The fourth-order valence-electron chi connectivity index (χ4n) is 3.30. The lowest BCUT2D eigenvalue weighted by Crippen LogP contribution is -2.27. The van der Waals surface area contributed by atoms with Crippen LogP contribution in [0, 0.1) is 0 Å². The van der Waals surface area contributed by atoms with E-state index in [9.17, 15) is 13.2 Å². The number of halogens is 1. The van der Waals surface area contributed by atoms with Gasteiger partial charge in [0.2, 0.25) is 15.9 Å². The van der Waals surface area contributed by atoms with Crippen LogP contribution >= 0.6 is 11.6 Å². The Kier molecular flexibility index (Phi) is 8.45. The van der Waals surface area contributed by atoms with Crippen molar-refractivity contribution in [2.45, 2.75) is 37.1 Å². The van der Waals surface area contributed by atoms with E-state index in [0.717, 1.165) is 16.7 Å². The van der Waals surface area contributed by atoms with Gasteiger partial charge in [0.1, 0.15) is 0 Å². The smallest absolute Gasteiger partial charge is 0.240 e. The molecule has 1 amide bonds. The summed E-state index contributed by atoms with van der Waals surface area (Å²) in [5.74, 6) is -0.0632. The molecule has 0 aliphatic carbocycles. The maximum absolute atomic E-state index is 12.5. The first-order chi connectivity index (χ1) is 15.3. The van der Waals surface area contributed by atoms with Crippen LogP contribution in [0.5, 0.6) is 0 Å². The van der Waals surface area contributed by atoms with Crippen LogP contribution in [0.25, 0.3) is 0 Å². The molecular formula is C25H27ClN2O3S. The second-order valence-electron chi connectivity index (χ2n) is 7.62. The number of sulfonamides is 1. The molecule has 32 heavy (non-hydrogen) atoms. The van der Waals surface area contributed by atoms with Crippen molar-refractivity contribution < 1.29 is 13.2 Å². The largest absolute Gasteiger partial charge is 0.350 e. The summed E-state index contributed by atoms with van der Waals surface area (Å²) in [5.41, 5.74) is 2.97. The number of nitrogens with one attached hydrogen (secondary N) is 2. The van der Waals surface area contributed by atoms with Crippen LogP contribution in [0.15, 0.2) is 83.8 Å². The topological polar surface area (TPSA) is 75.3 Å². The Balaban J connectivity index is 1.47. The summed E-state index contributed by atoms with van der Waals surface area (Å²) in [6.45, 7) is 2.26. The summed E-state index contributed by atoms with van der Waals surface area (Å²) in [6.07, 6.45) is 1.47. The van der Waals surface area contributed by atoms with Crippen LogP contribution < -0.4 is 10.0 Å². The van der Waals surface area contributed by atoms with Gasteiger partial charge in [0.05, 0.1) is 10.9 Å². The summed E-state index contributed by atoms with van der Waals surface area (Å²) >= 11 is 5.90. The van der Waals surface area contributed by atoms with Gasteiger partial charge in [-0.05, 0) is 60.7 Å². The molecule has 168 valence electrons. The minimum Gasteiger partial charge on any atom is -0.350 e. The Morgan fingerprint density at radius 3 is 2.16 bits per heavy atom. The Morgan fingerprint density at radius 1 is 0.875 bits per heavy atom. The van der Waals surface area contributed by atoms with Gasteiger partial charge in [-0.2, -0.15) is 0 Å². The zero-order chi connectivity index (χ0) is 23.0. The van der Waals surface area contributed by atoms with E-state index in [2.05, 4.69) is 10.0 Å². The van der Waals surface area contributed by atoms with Crippen molar-refractivity contribution in [2.24, 2.45) is 0 Å². The second-order valence-corrected chi connectivity index (χ2v) is 9.82. The summed E-state index contributed by atoms with van der Waals surface area (Å²) in [7, 11) is -3.57. The van der Waals surface area contributed by atoms with E-state index >= 15 is 0 Å². The molecule has 0 radical (unpaired) electrons. The SMILES string of the molecule is CC(NC(=O)CCc1ccc(S(=O)(=O)NCCc2ccccc2)cc1)c1ccc(Cl)cc1. The molecule has 3 aromatic carbocycles. The Labute approximate surface area is 194 Å². The van der Waals surface area contributed by atoms with Crippen molar-refractivity contribution in [1.29, 1.82) is 0 Å². The summed E-state index contributed by atoms with van der Waals surface area (Å²) in [4.78, 5) is 12.5. The van der Waals surface area contributed by atoms with Gasteiger partial charge in [0.15, 0.2) is 0 Å². The Morgan fingerprint density at radius 2 is 1.50 bits per heavy atom. The lowest BCUT2D eigenvalue weighted by Gasteiger charge is -2.14. The van der Waals surface area contributed by atoms with Gasteiger partial charge >= 0.3 is 0 Å². The number of amides is 1. The number of hydrogen-bond acceptors (Lipinski definition) is 3. The van der Waals surface area contributed by atoms with E-state index < -0.39 is 10.0 Å². The third-order valence-corrected chi connectivity index (χ3v) is 6.90. The van der Waals surface area contributed by atoms with Crippen molar-refractivity contribution in [3.05, 3.63) is 101 Å². The van der Waals surface area contributed by atoms with Crippen molar-refractivity contribution >= 4 is 27.5 Å². The number of hydrogen-bond donors (Lipinski definition) is 2. The molecule has 3 rings (SSSR count). The summed E-state index contributed by atoms with van der Waals surface area (Å²) in [5, 5.41) is 3.63. The van der Waals surface area contributed by atoms with Crippen LogP contribution in [0.1, 0.15) is 36.1 Å². The monoisotopic (exact) mass is 470 g/mol. The van der Waals surface area contributed by atoms with Crippen LogP contribution in [0.2, 0.25) is 5.02 Å². The average Bonchev–Trinajstić information content (AvgIpc) is 2.79. The highest BCUT2D eigenvalue weighted by Gasteiger charge is 2.14. The summed E-state index contributed by atoms with van der Waals surface area (Å²) < 4.78 is 27.6. The zero-order valence-corrected chi connectivity index (χ0v) is 19.5. The number of rotatable bonds is 10. The molecule has 1 unspecified atom stereocenters.